The van der Waals surface area contributed by atoms with Gasteiger partial charge in [0.2, 0.25) is 5.91 Å². The number of benzene rings is 1. The Kier molecular flexibility index (Phi) is 5.61. The van der Waals surface area contributed by atoms with Crippen molar-refractivity contribution in [3.63, 3.8) is 0 Å². The summed E-state index contributed by atoms with van der Waals surface area (Å²) in [4.78, 5) is 13.5. The number of amides is 1. The zero-order valence-electron chi connectivity index (χ0n) is 10.8. The highest BCUT2D eigenvalue weighted by Crippen LogP contribution is 2.11. The Morgan fingerprint density at radius 3 is 2.56 bits per heavy atom. The van der Waals surface area contributed by atoms with E-state index in [1.807, 2.05) is 0 Å². The first-order valence-corrected chi connectivity index (χ1v) is 5.81. The fourth-order valence-electron chi connectivity index (χ4n) is 1.58. The summed E-state index contributed by atoms with van der Waals surface area (Å²) in [6.07, 6.45) is 0.0430. The summed E-state index contributed by atoms with van der Waals surface area (Å²) in [6, 6.07) is 6.78. The van der Waals surface area contributed by atoms with Crippen molar-refractivity contribution < 1.29 is 14.6 Å². The number of ether oxygens (including phenoxy) is 1. The number of phenols is 1. The number of methoxy groups -OCH3 is 1. The topological polar surface area (TPSA) is 75.8 Å². The van der Waals surface area contributed by atoms with E-state index in [-0.39, 0.29) is 24.2 Å². The van der Waals surface area contributed by atoms with Crippen LogP contribution in [0.3, 0.4) is 0 Å². The zero-order chi connectivity index (χ0) is 13.5. The van der Waals surface area contributed by atoms with Gasteiger partial charge in [-0.1, -0.05) is 12.1 Å². The molecule has 0 spiro atoms. The van der Waals surface area contributed by atoms with Gasteiger partial charge in [0.25, 0.3) is 0 Å². The van der Waals surface area contributed by atoms with E-state index in [2.05, 4.69) is 0 Å². The second kappa shape index (κ2) is 6.98. The van der Waals surface area contributed by atoms with Crippen molar-refractivity contribution >= 4 is 5.91 Å². The lowest BCUT2D eigenvalue weighted by Gasteiger charge is -2.20. The fourth-order valence-corrected chi connectivity index (χ4v) is 1.58. The van der Waals surface area contributed by atoms with Crippen LogP contribution in [0.15, 0.2) is 24.3 Å². The highest BCUT2D eigenvalue weighted by atomic mass is 16.5. The predicted molar refractivity (Wildman–Crippen MR) is 69.0 cm³/mol. The van der Waals surface area contributed by atoms with Crippen molar-refractivity contribution in [3.05, 3.63) is 29.8 Å². The molecular weight excluding hydrogens is 232 g/mol. The average Bonchev–Trinajstić information content (AvgIpc) is 2.38. The molecule has 0 aliphatic rings. The van der Waals surface area contributed by atoms with Gasteiger partial charge in [0, 0.05) is 27.2 Å². The van der Waals surface area contributed by atoms with Crippen LogP contribution in [0.4, 0.5) is 0 Å². The first-order valence-electron chi connectivity index (χ1n) is 5.81. The Bertz CT molecular complexity index is 374. The smallest absolute Gasteiger partial charge is 0.225 e. The first-order chi connectivity index (χ1) is 8.56. The fraction of sp³-hybridized carbons (Fsp3) is 0.462. The van der Waals surface area contributed by atoms with E-state index >= 15 is 0 Å². The van der Waals surface area contributed by atoms with Crippen LogP contribution >= 0.6 is 0 Å². The number of phenolic OH excluding ortho intramolecular Hbond substituents is 1. The molecule has 0 saturated heterocycles. The number of rotatable bonds is 6. The quantitative estimate of drug-likeness (QED) is 0.782. The molecule has 1 atom stereocenters. The van der Waals surface area contributed by atoms with Crippen molar-refractivity contribution in [2.45, 2.75) is 19.1 Å². The molecule has 1 aromatic rings. The summed E-state index contributed by atoms with van der Waals surface area (Å²) >= 11 is 0. The van der Waals surface area contributed by atoms with Gasteiger partial charge < -0.3 is 20.5 Å². The van der Waals surface area contributed by atoms with Crippen LogP contribution in [-0.2, 0) is 16.1 Å². The molecule has 0 fully saturated rings. The van der Waals surface area contributed by atoms with Crippen molar-refractivity contribution in [1.82, 2.24) is 4.90 Å². The van der Waals surface area contributed by atoms with Crippen molar-refractivity contribution in [3.8, 4) is 5.75 Å². The van der Waals surface area contributed by atoms with Gasteiger partial charge >= 0.3 is 0 Å². The predicted octanol–water partition coefficient (Wildman–Crippen LogP) is 0.714. The van der Waals surface area contributed by atoms with Crippen molar-refractivity contribution in [1.29, 1.82) is 0 Å². The molecule has 0 saturated carbocycles. The number of nitrogens with zero attached hydrogens (tertiary/aromatic N) is 1. The number of carbonyl (C=O) groups is 1. The van der Waals surface area contributed by atoms with Crippen molar-refractivity contribution in [2.75, 3.05) is 20.7 Å². The number of carbonyl (C=O) groups excluding carboxylic acids is 1. The van der Waals surface area contributed by atoms with Crippen LogP contribution in [0.1, 0.15) is 12.0 Å². The lowest BCUT2D eigenvalue weighted by molar-refractivity contribution is -0.132. The number of hydrogen-bond donors (Lipinski definition) is 2. The van der Waals surface area contributed by atoms with E-state index in [9.17, 15) is 9.90 Å². The third kappa shape index (κ3) is 4.35. The third-order valence-corrected chi connectivity index (χ3v) is 2.78. The maximum Gasteiger partial charge on any atom is 0.225 e. The summed E-state index contributed by atoms with van der Waals surface area (Å²) < 4.78 is 5.08. The van der Waals surface area contributed by atoms with Gasteiger partial charge in [-0.2, -0.15) is 0 Å². The molecule has 100 valence electrons. The Labute approximate surface area is 107 Å². The van der Waals surface area contributed by atoms with Gasteiger partial charge in [0.15, 0.2) is 0 Å². The summed E-state index contributed by atoms with van der Waals surface area (Å²) in [5, 5.41) is 9.17. The molecule has 0 aromatic heterocycles. The molecule has 0 radical (unpaired) electrons. The average molecular weight is 252 g/mol. The Morgan fingerprint density at radius 2 is 2.06 bits per heavy atom. The van der Waals surface area contributed by atoms with Crippen LogP contribution < -0.4 is 5.73 Å². The summed E-state index contributed by atoms with van der Waals surface area (Å²) in [5.41, 5.74) is 6.44. The lowest BCUT2D eigenvalue weighted by Crippen LogP contribution is -2.33. The van der Waals surface area contributed by atoms with Gasteiger partial charge in [0.05, 0.1) is 12.5 Å². The van der Waals surface area contributed by atoms with Gasteiger partial charge in [-0.25, -0.2) is 0 Å². The van der Waals surface area contributed by atoms with Gasteiger partial charge in [-0.15, -0.1) is 0 Å². The van der Waals surface area contributed by atoms with Gasteiger partial charge in [0.1, 0.15) is 5.75 Å². The van der Waals surface area contributed by atoms with Gasteiger partial charge in [-0.3, -0.25) is 4.79 Å². The van der Waals surface area contributed by atoms with Crippen LogP contribution in [0.25, 0.3) is 0 Å². The van der Waals surface area contributed by atoms with Crippen LogP contribution in [-0.4, -0.2) is 42.7 Å². The summed E-state index contributed by atoms with van der Waals surface area (Å²) in [5.74, 6) is 0.204. The first kappa shape index (κ1) is 14.5. The number of nitrogens with two attached hydrogens (primary N) is 1. The Hall–Kier alpha value is -1.59. The van der Waals surface area contributed by atoms with E-state index in [4.69, 9.17) is 10.5 Å². The van der Waals surface area contributed by atoms with E-state index < -0.39 is 0 Å². The molecule has 0 aliphatic carbocycles. The third-order valence-electron chi connectivity index (χ3n) is 2.78. The minimum atomic E-state index is -0.236. The zero-order valence-corrected chi connectivity index (χ0v) is 10.8. The molecule has 1 unspecified atom stereocenters. The summed E-state index contributed by atoms with van der Waals surface area (Å²) in [7, 11) is 3.28. The molecule has 0 aliphatic heterocycles. The second-order valence-corrected chi connectivity index (χ2v) is 4.21. The minimum absolute atomic E-state index is 0.0135. The minimum Gasteiger partial charge on any atom is -0.508 e. The van der Waals surface area contributed by atoms with E-state index in [1.165, 1.54) is 0 Å². The van der Waals surface area contributed by atoms with Crippen LogP contribution in [0, 0.1) is 0 Å². The normalized spacial score (nSPS) is 12.2. The van der Waals surface area contributed by atoms with E-state index in [0.717, 1.165) is 5.56 Å². The number of hydrogen-bond acceptors (Lipinski definition) is 4. The van der Waals surface area contributed by atoms with E-state index in [1.54, 1.807) is 43.3 Å². The highest BCUT2D eigenvalue weighted by molar-refractivity contribution is 5.76. The maximum atomic E-state index is 11.9. The molecule has 5 heteroatoms. The Balaban J connectivity index is 2.51. The van der Waals surface area contributed by atoms with Crippen LogP contribution in [0.5, 0.6) is 5.75 Å². The molecule has 0 heterocycles. The molecule has 5 nitrogen and oxygen atoms in total. The lowest BCUT2D eigenvalue weighted by atomic mass is 10.2. The number of aromatic hydroxyl groups is 1. The molecule has 3 N–H and O–H groups in total. The van der Waals surface area contributed by atoms with Crippen LogP contribution in [0.2, 0.25) is 0 Å². The molecule has 0 bridgehead atoms. The maximum absolute atomic E-state index is 11.9. The Morgan fingerprint density at radius 1 is 1.44 bits per heavy atom. The SMILES string of the molecule is COC(CN)CC(=O)N(C)Cc1ccc(O)cc1. The molecule has 1 aromatic carbocycles. The highest BCUT2D eigenvalue weighted by Gasteiger charge is 2.15. The van der Waals surface area contributed by atoms with Gasteiger partial charge in [-0.05, 0) is 17.7 Å². The monoisotopic (exact) mass is 252 g/mol. The molecular formula is C13H20N2O3. The second-order valence-electron chi connectivity index (χ2n) is 4.21. The molecule has 1 rings (SSSR count). The molecule has 1 amide bonds. The standard InChI is InChI=1S/C13H20N2O3/c1-15(13(17)7-12(8-14)18-2)9-10-3-5-11(16)6-4-10/h3-6,12,16H,7-9,14H2,1-2H3. The largest absolute Gasteiger partial charge is 0.508 e. The van der Waals surface area contributed by atoms with E-state index in [0.29, 0.717) is 13.1 Å². The van der Waals surface area contributed by atoms with Crippen molar-refractivity contribution in [2.24, 2.45) is 5.73 Å². The summed E-state index contributed by atoms with van der Waals surface area (Å²) in [6.45, 7) is 0.829. The molecule has 18 heavy (non-hydrogen) atoms.